The Labute approximate surface area is 131 Å². The van der Waals surface area contributed by atoms with E-state index in [-0.39, 0.29) is 29.0 Å². The van der Waals surface area contributed by atoms with Crippen LogP contribution in [0.4, 0.5) is 4.39 Å². The van der Waals surface area contributed by atoms with Gasteiger partial charge in [-0.25, -0.2) is 4.39 Å². The molecule has 0 spiro atoms. The third-order valence-corrected chi connectivity index (χ3v) is 4.92. The molecule has 5 nitrogen and oxygen atoms in total. The second-order valence-electron chi connectivity index (χ2n) is 6.08. The molecule has 3 aliphatic rings. The normalized spacial score (nSPS) is 22.0. The van der Waals surface area contributed by atoms with Crippen molar-refractivity contribution in [2.24, 2.45) is 0 Å². The SMILES string of the molecule is N#Cc1cc(-n2c(O)c3c(c2O)[C@@H]2CC[C@H]3CC2=O)ccc1F. The summed E-state index contributed by atoms with van der Waals surface area (Å²) in [6, 6.07) is 5.50. The highest BCUT2D eigenvalue weighted by molar-refractivity contribution is 5.91. The van der Waals surface area contributed by atoms with Crippen LogP contribution in [-0.4, -0.2) is 20.6 Å². The van der Waals surface area contributed by atoms with Crippen molar-refractivity contribution in [3.8, 4) is 23.5 Å². The maximum absolute atomic E-state index is 13.5. The Morgan fingerprint density at radius 2 is 1.96 bits per heavy atom. The van der Waals surface area contributed by atoms with Crippen LogP contribution >= 0.6 is 0 Å². The van der Waals surface area contributed by atoms with Crippen LogP contribution in [-0.2, 0) is 4.79 Å². The van der Waals surface area contributed by atoms with Crippen LogP contribution in [0.5, 0.6) is 11.8 Å². The zero-order chi connectivity index (χ0) is 16.3. The number of Topliss-reactive ketones (excluding diaryl/α,β-unsaturated/α-hetero) is 1. The van der Waals surface area contributed by atoms with E-state index in [1.54, 1.807) is 6.07 Å². The molecular formula is C17H13FN2O3. The monoisotopic (exact) mass is 312 g/mol. The van der Waals surface area contributed by atoms with E-state index in [1.807, 2.05) is 0 Å². The highest BCUT2D eigenvalue weighted by Gasteiger charge is 2.45. The fraction of sp³-hybridized carbons (Fsp3) is 0.294. The number of benzene rings is 1. The molecule has 5 rings (SSSR count). The number of ketones is 1. The van der Waals surface area contributed by atoms with Gasteiger partial charge in [0, 0.05) is 23.5 Å². The maximum atomic E-state index is 13.5. The van der Waals surface area contributed by atoms with Gasteiger partial charge in [-0.05, 0) is 37.0 Å². The molecule has 0 saturated heterocycles. The molecule has 0 radical (unpaired) electrons. The standard InChI is InChI=1S/C17H13FN2O3/c18-12-4-2-10(5-9(12)7-19)20-16(22)14-8-1-3-11(13(21)6-8)15(14)17(20)23/h2,4-5,8,11,22-23H,1,3,6H2/t8-,11+/m0/s1. The van der Waals surface area contributed by atoms with E-state index in [0.717, 1.165) is 12.5 Å². The van der Waals surface area contributed by atoms with Crippen LogP contribution in [0, 0.1) is 17.1 Å². The van der Waals surface area contributed by atoms with Crippen molar-refractivity contribution < 1.29 is 19.4 Å². The molecule has 2 N–H and O–H groups in total. The molecule has 23 heavy (non-hydrogen) atoms. The van der Waals surface area contributed by atoms with Gasteiger partial charge in [0.25, 0.3) is 0 Å². The Balaban J connectivity index is 1.96. The van der Waals surface area contributed by atoms with Crippen molar-refractivity contribution >= 4 is 5.78 Å². The van der Waals surface area contributed by atoms with Gasteiger partial charge in [0.05, 0.1) is 11.3 Å². The van der Waals surface area contributed by atoms with Crippen LogP contribution in [0.1, 0.15) is 47.8 Å². The average molecular weight is 312 g/mol. The Morgan fingerprint density at radius 3 is 2.65 bits per heavy atom. The molecule has 1 heterocycles. The van der Waals surface area contributed by atoms with E-state index in [2.05, 4.69) is 0 Å². The lowest BCUT2D eigenvalue weighted by atomic mass is 9.67. The van der Waals surface area contributed by atoms with Gasteiger partial charge in [0.1, 0.15) is 17.7 Å². The molecule has 2 bridgehead atoms. The highest BCUT2D eigenvalue weighted by atomic mass is 19.1. The molecule has 2 atom stereocenters. The van der Waals surface area contributed by atoms with Gasteiger partial charge < -0.3 is 10.2 Å². The van der Waals surface area contributed by atoms with Crippen LogP contribution in [0.25, 0.3) is 5.69 Å². The molecule has 0 unspecified atom stereocenters. The smallest absolute Gasteiger partial charge is 0.202 e. The second kappa shape index (κ2) is 4.59. The summed E-state index contributed by atoms with van der Waals surface area (Å²) in [6.07, 6.45) is 1.84. The Bertz CT molecular complexity index is 894. The van der Waals surface area contributed by atoms with Crippen LogP contribution in [0.3, 0.4) is 0 Å². The van der Waals surface area contributed by atoms with Gasteiger partial charge >= 0.3 is 0 Å². The zero-order valence-corrected chi connectivity index (χ0v) is 12.1. The van der Waals surface area contributed by atoms with E-state index in [0.29, 0.717) is 29.7 Å². The van der Waals surface area contributed by atoms with E-state index in [9.17, 15) is 19.4 Å². The summed E-state index contributed by atoms with van der Waals surface area (Å²) in [5.41, 5.74) is 1.21. The number of nitriles is 1. The second-order valence-corrected chi connectivity index (χ2v) is 6.08. The summed E-state index contributed by atoms with van der Waals surface area (Å²) >= 11 is 0. The predicted octanol–water partition coefficient (Wildman–Crippen LogP) is 2.83. The first-order valence-corrected chi connectivity index (χ1v) is 7.42. The molecule has 1 aromatic carbocycles. The van der Waals surface area contributed by atoms with E-state index >= 15 is 0 Å². The number of rotatable bonds is 1. The minimum atomic E-state index is -0.664. The van der Waals surface area contributed by atoms with Crippen LogP contribution < -0.4 is 0 Å². The summed E-state index contributed by atoms with van der Waals surface area (Å²) in [4.78, 5) is 12.1. The highest BCUT2D eigenvalue weighted by Crippen LogP contribution is 2.55. The summed E-state index contributed by atoms with van der Waals surface area (Å²) in [5, 5.41) is 30.1. The van der Waals surface area contributed by atoms with Crippen LogP contribution in [0.2, 0.25) is 0 Å². The average Bonchev–Trinajstić information content (AvgIpc) is 2.82. The number of nitrogens with zero attached hydrogens (tertiary/aromatic N) is 2. The van der Waals surface area contributed by atoms with Crippen molar-refractivity contribution in [1.82, 2.24) is 4.57 Å². The molecule has 1 aromatic heterocycles. The molecule has 1 fully saturated rings. The number of aromatic hydroxyl groups is 2. The van der Waals surface area contributed by atoms with Crippen molar-refractivity contribution in [2.45, 2.75) is 31.1 Å². The molecule has 3 aliphatic carbocycles. The summed E-state index contributed by atoms with van der Waals surface area (Å²) in [7, 11) is 0. The predicted molar refractivity (Wildman–Crippen MR) is 78.1 cm³/mol. The number of fused-ring (bicyclic) bond motifs is 2. The quantitative estimate of drug-likeness (QED) is 0.847. The molecule has 2 aromatic rings. The van der Waals surface area contributed by atoms with Gasteiger partial charge in [0.15, 0.2) is 0 Å². The Morgan fingerprint density at radius 1 is 1.22 bits per heavy atom. The van der Waals surface area contributed by atoms with E-state index in [4.69, 9.17) is 5.26 Å². The minimum Gasteiger partial charge on any atom is -0.494 e. The third-order valence-electron chi connectivity index (χ3n) is 4.92. The topological polar surface area (TPSA) is 86.2 Å². The van der Waals surface area contributed by atoms with Crippen molar-refractivity contribution in [3.63, 3.8) is 0 Å². The Hall–Kier alpha value is -2.81. The molecule has 6 heteroatoms. The largest absolute Gasteiger partial charge is 0.494 e. The fourth-order valence-electron chi connectivity index (χ4n) is 3.88. The number of halogens is 1. The van der Waals surface area contributed by atoms with Crippen LogP contribution in [0.15, 0.2) is 18.2 Å². The molecule has 0 aliphatic heterocycles. The van der Waals surface area contributed by atoms with E-state index in [1.165, 1.54) is 16.7 Å². The van der Waals surface area contributed by atoms with Gasteiger partial charge in [0.2, 0.25) is 11.8 Å². The molecular weight excluding hydrogens is 299 g/mol. The first kappa shape index (κ1) is 13.8. The van der Waals surface area contributed by atoms with Gasteiger partial charge in [-0.1, -0.05) is 0 Å². The minimum absolute atomic E-state index is 0.0815. The molecule has 116 valence electrons. The summed E-state index contributed by atoms with van der Waals surface area (Å²) < 4.78 is 14.7. The summed E-state index contributed by atoms with van der Waals surface area (Å²) in [6.45, 7) is 0. The first-order valence-electron chi connectivity index (χ1n) is 7.42. The molecule has 1 saturated carbocycles. The summed E-state index contributed by atoms with van der Waals surface area (Å²) in [5.74, 6) is -1.39. The number of aromatic nitrogens is 1. The van der Waals surface area contributed by atoms with Gasteiger partial charge in [-0.3, -0.25) is 9.36 Å². The Kier molecular flexibility index (Phi) is 2.76. The van der Waals surface area contributed by atoms with Crippen molar-refractivity contribution in [3.05, 3.63) is 40.7 Å². The lowest BCUT2D eigenvalue weighted by Crippen LogP contribution is -2.28. The fourth-order valence-corrected chi connectivity index (χ4v) is 3.88. The lowest BCUT2D eigenvalue weighted by molar-refractivity contribution is -0.123. The number of carbonyl (C=O) groups excluding carboxylic acids is 1. The number of hydrogen-bond acceptors (Lipinski definition) is 4. The first-order chi connectivity index (χ1) is 11.0. The number of hydrogen-bond donors (Lipinski definition) is 2. The van der Waals surface area contributed by atoms with Gasteiger partial charge in [-0.2, -0.15) is 5.26 Å². The van der Waals surface area contributed by atoms with E-state index < -0.39 is 11.7 Å². The van der Waals surface area contributed by atoms with Crippen molar-refractivity contribution in [1.29, 1.82) is 5.26 Å². The van der Waals surface area contributed by atoms with Crippen molar-refractivity contribution in [2.75, 3.05) is 0 Å². The lowest BCUT2D eigenvalue weighted by Gasteiger charge is -2.34. The zero-order valence-electron chi connectivity index (χ0n) is 12.1. The van der Waals surface area contributed by atoms with Gasteiger partial charge in [-0.15, -0.1) is 0 Å². The molecule has 0 amide bonds. The maximum Gasteiger partial charge on any atom is 0.202 e. The third kappa shape index (κ3) is 1.73. The number of carbonyl (C=O) groups is 1.